The molecule has 0 aromatic rings. The molecule has 1 unspecified atom stereocenters. The molecule has 2 aliphatic rings. The summed E-state index contributed by atoms with van der Waals surface area (Å²) in [5, 5.41) is 7.00. The zero-order valence-corrected chi connectivity index (χ0v) is 11.1. The molecule has 2 rings (SSSR count). The Balaban J connectivity index is 1.96. The third-order valence-corrected chi connectivity index (χ3v) is 3.82. The predicted octanol–water partition coefficient (Wildman–Crippen LogP) is 0.611. The number of hydrogen-bond acceptors (Lipinski definition) is 4. The molecule has 2 heterocycles. The Bertz CT molecular complexity index is 271. The van der Waals surface area contributed by atoms with E-state index in [2.05, 4.69) is 35.5 Å². The van der Waals surface area contributed by atoms with Crippen molar-refractivity contribution in [3.8, 4) is 0 Å². The second kappa shape index (κ2) is 5.74. The maximum Gasteiger partial charge on any atom is 0.0964 e. The number of nitrogens with two attached hydrogens (primary N) is 1. The van der Waals surface area contributed by atoms with Gasteiger partial charge in [0.2, 0.25) is 0 Å². The molecule has 0 aromatic heterocycles. The fourth-order valence-corrected chi connectivity index (χ4v) is 2.70. The van der Waals surface area contributed by atoms with E-state index in [-0.39, 0.29) is 0 Å². The highest BCUT2D eigenvalue weighted by atomic mass is 15.3. The second-order valence-electron chi connectivity index (χ2n) is 5.46. The molecule has 0 aliphatic carbocycles. The monoisotopic (exact) mass is 238 g/mol. The average molecular weight is 238 g/mol. The lowest BCUT2D eigenvalue weighted by atomic mass is 10.0. The number of nitrogens with one attached hydrogen (secondary N) is 2. The van der Waals surface area contributed by atoms with E-state index in [1.54, 1.807) is 0 Å². The Labute approximate surface area is 105 Å². The van der Waals surface area contributed by atoms with Gasteiger partial charge < -0.3 is 21.3 Å². The van der Waals surface area contributed by atoms with Crippen LogP contribution < -0.4 is 16.4 Å². The Kier molecular flexibility index (Phi) is 4.29. The van der Waals surface area contributed by atoms with Crippen molar-refractivity contribution in [2.45, 2.75) is 51.2 Å². The van der Waals surface area contributed by atoms with Crippen LogP contribution in [0.1, 0.15) is 33.1 Å². The molecule has 98 valence electrons. The highest BCUT2D eigenvalue weighted by molar-refractivity contribution is 5.06. The van der Waals surface area contributed by atoms with E-state index >= 15 is 0 Å². The van der Waals surface area contributed by atoms with Crippen LogP contribution >= 0.6 is 0 Å². The molecule has 0 amide bonds. The van der Waals surface area contributed by atoms with Crippen molar-refractivity contribution >= 4 is 0 Å². The SMILES string of the molecule is C[C@@H]1CN(/C(N)=C\C2CCCCN2)[C@@H](C)CN1. The molecule has 0 aromatic carbocycles. The van der Waals surface area contributed by atoms with Crippen molar-refractivity contribution in [3.63, 3.8) is 0 Å². The van der Waals surface area contributed by atoms with Crippen molar-refractivity contribution in [1.29, 1.82) is 0 Å². The first kappa shape index (κ1) is 12.7. The summed E-state index contributed by atoms with van der Waals surface area (Å²) < 4.78 is 0. The van der Waals surface area contributed by atoms with Crippen LogP contribution in [-0.4, -0.2) is 42.7 Å². The summed E-state index contributed by atoms with van der Waals surface area (Å²) in [6, 6.07) is 1.49. The smallest absolute Gasteiger partial charge is 0.0964 e. The Morgan fingerprint density at radius 2 is 2.12 bits per heavy atom. The minimum absolute atomic E-state index is 0.473. The largest absolute Gasteiger partial charge is 0.386 e. The van der Waals surface area contributed by atoms with Gasteiger partial charge in [-0.15, -0.1) is 0 Å². The van der Waals surface area contributed by atoms with Gasteiger partial charge >= 0.3 is 0 Å². The van der Waals surface area contributed by atoms with Gasteiger partial charge in [0, 0.05) is 31.2 Å². The molecule has 4 heteroatoms. The molecule has 2 fully saturated rings. The van der Waals surface area contributed by atoms with Gasteiger partial charge in [-0.2, -0.15) is 0 Å². The van der Waals surface area contributed by atoms with Crippen LogP contribution in [0.3, 0.4) is 0 Å². The fourth-order valence-electron chi connectivity index (χ4n) is 2.70. The Morgan fingerprint density at radius 1 is 1.29 bits per heavy atom. The third kappa shape index (κ3) is 3.36. The number of piperidine rings is 1. The summed E-state index contributed by atoms with van der Waals surface area (Å²) in [7, 11) is 0. The fraction of sp³-hybridized carbons (Fsp3) is 0.846. The second-order valence-corrected chi connectivity index (χ2v) is 5.46. The molecule has 0 radical (unpaired) electrons. The Hall–Kier alpha value is -0.740. The van der Waals surface area contributed by atoms with E-state index in [0.29, 0.717) is 18.1 Å². The van der Waals surface area contributed by atoms with E-state index in [0.717, 1.165) is 25.5 Å². The number of nitrogens with zero attached hydrogens (tertiary/aromatic N) is 1. The van der Waals surface area contributed by atoms with E-state index in [1.807, 2.05) is 0 Å². The van der Waals surface area contributed by atoms with Gasteiger partial charge in [0.1, 0.15) is 0 Å². The summed E-state index contributed by atoms with van der Waals surface area (Å²) in [4.78, 5) is 2.33. The Morgan fingerprint density at radius 3 is 2.82 bits per heavy atom. The van der Waals surface area contributed by atoms with Crippen molar-refractivity contribution in [3.05, 3.63) is 11.9 Å². The molecule has 17 heavy (non-hydrogen) atoms. The zero-order valence-electron chi connectivity index (χ0n) is 11.1. The van der Waals surface area contributed by atoms with Crippen LogP contribution in [0.2, 0.25) is 0 Å². The minimum atomic E-state index is 0.473. The highest BCUT2D eigenvalue weighted by Gasteiger charge is 2.23. The van der Waals surface area contributed by atoms with Crippen LogP contribution in [-0.2, 0) is 0 Å². The molecule has 0 saturated carbocycles. The van der Waals surface area contributed by atoms with Crippen LogP contribution in [0.25, 0.3) is 0 Å². The summed E-state index contributed by atoms with van der Waals surface area (Å²) in [5.74, 6) is 0.949. The van der Waals surface area contributed by atoms with Gasteiger partial charge in [0.25, 0.3) is 0 Å². The van der Waals surface area contributed by atoms with E-state index in [9.17, 15) is 0 Å². The number of piperazine rings is 1. The number of rotatable bonds is 2. The zero-order chi connectivity index (χ0) is 12.3. The van der Waals surface area contributed by atoms with E-state index in [1.165, 1.54) is 19.3 Å². The molecule has 0 bridgehead atoms. The number of hydrogen-bond donors (Lipinski definition) is 3. The average Bonchev–Trinajstić information content (AvgIpc) is 2.33. The van der Waals surface area contributed by atoms with Gasteiger partial charge in [-0.05, 0) is 39.3 Å². The lowest BCUT2D eigenvalue weighted by Crippen LogP contribution is -2.55. The molecule has 2 saturated heterocycles. The normalized spacial score (nSPS) is 36.0. The van der Waals surface area contributed by atoms with Crippen molar-refractivity contribution in [1.82, 2.24) is 15.5 Å². The van der Waals surface area contributed by atoms with Gasteiger partial charge in [0.05, 0.1) is 5.82 Å². The van der Waals surface area contributed by atoms with E-state index < -0.39 is 0 Å². The standard InChI is InChI=1S/C13H26N4/c1-10-9-17(11(2)8-16-10)13(14)7-12-5-3-4-6-15-12/h7,10-12,15-16H,3-6,8-9,14H2,1-2H3/b13-7-/t10-,11+,12?/m1/s1. The maximum atomic E-state index is 6.25. The van der Waals surface area contributed by atoms with Crippen LogP contribution in [0.5, 0.6) is 0 Å². The molecular formula is C13H26N4. The first-order chi connectivity index (χ1) is 8.16. The van der Waals surface area contributed by atoms with E-state index in [4.69, 9.17) is 5.73 Å². The van der Waals surface area contributed by atoms with Gasteiger partial charge in [0.15, 0.2) is 0 Å². The van der Waals surface area contributed by atoms with Gasteiger partial charge in [-0.1, -0.05) is 6.42 Å². The molecule has 3 atom stereocenters. The molecule has 0 spiro atoms. The third-order valence-electron chi connectivity index (χ3n) is 3.82. The van der Waals surface area contributed by atoms with Crippen molar-refractivity contribution in [2.75, 3.05) is 19.6 Å². The molecular weight excluding hydrogens is 212 g/mol. The summed E-state index contributed by atoms with van der Waals surface area (Å²) >= 11 is 0. The van der Waals surface area contributed by atoms with Gasteiger partial charge in [-0.25, -0.2) is 0 Å². The minimum Gasteiger partial charge on any atom is -0.386 e. The summed E-state index contributed by atoms with van der Waals surface area (Å²) in [6.45, 7) is 7.60. The van der Waals surface area contributed by atoms with Gasteiger partial charge in [-0.3, -0.25) is 0 Å². The topological polar surface area (TPSA) is 53.3 Å². The maximum absolute atomic E-state index is 6.25. The lowest BCUT2D eigenvalue weighted by molar-refractivity contribution is 0.186. The van der Waals surface area contributed by atoms with Crippen LogP contribution in [0.4, 0.5) is 0 Å². The molecule has 4 N–H and O–H groups in total. The molecule has 4 nitrogen and oxygen atoms in total. The summed E-state index contributed by atoms with van der Waals surface area (Å²) in [6.07, 6.45) is 6.05. The first-order valence-electron chi connectivity index (χ1n) is 6.87. The summed E-state index contributed by atoms with van der Waals surface area (Å²) in [5.41, 5.74) is 6.25. The first-order valence-corrected chi connectivity index (χ1v) is 6.87. The van der Waals surface area contributed by atoms with Crippen molar-refractivity contribution < 1.29 is 0 Å². The molecule has 2 aliphatic heterocycles. The lowest BCUT2D eigenvalue weighted by Gasteiger charge is -2.39. The quantitative estimate of drug-likeness (QED) is 0.660. The predicted molar refractivity (Wildman–Crippen MR) is 71.5 cm³/mol. The van der Waals surface area contributed by atoms with Crippen LogP contribution in [0.15, 0.2) is 11.9 Å². The van der Waals surface area contributed by atoms with Crippen molar-refractivity contribution in [2.24, 2.45) is 5.73 Å². The highest BCUT2D eigenvalue weighted by Crippen LogP contribution is 2.14. The van der Waals surface area contributed by atoms with Crippen LogP contribution in [0, 0.1) is 0 Å².